The lowest BCUT2D eigenvalue weighted by Crippen LogP contribution is -2.47. The van der Waals surface area contributed by atoms with E-state index in [1.807, 2.05) is 30.3 Å². The van der Waals surface area contributed by atoms with Gasteiger partial charge < -0.3 is 10.5 Å². The Kier molecular flexibility index (Phi) is 4.40. The van der Waals surface area contributed by atoms with E-state index < -0.39 is 11.5 Å². The summed E-state index contributed by atoms with van der Waals surface area (Å²) >= 11 is 0. The first-order chi connectivity index (χ1) is 7.92. The molecule has 1 aromatic carbocycles. The van der Waals surface area contributed by atoms with Crippen LogP contribution in [0.4, 0.5) is 0 Å². The van der Waals surface area contributed by atoms with Crippen LogP contribution in [0.5, 0.6) is 0 Å². The quantitative estimate of drug-likeness (QED) is 0.784. The average Bonchev–Trinajstić information content (AvgIpc) is 2.25. The number of carbonyl (C=O) groups excluding carboxylic acids is 2. The largest absolute Gasteiger partial charge is 0.459 e. The normalized spacial score (nSPS) is 13.8. The highest BCUT2D eigenvalue weighted by atomic mass is 16.5. The van der Waals surface area contributed by atoms with Gasteiger partial charge in [-0.15, -0.1) is 0 Å². The number of esters is 1. The van der Waals surface area contributed by atoms with Crippen molar-refractivity contribution in [3.63, 3.8) is 0 Å². The fourth-order valence-electron chi connectivity index (χ4n) is 1.48. The molecule has 0 saturated carbocycles. The molecular weight excluding hydrogens is 218 g/mol. The summed E-state index contributed by atoms with van der Waals surface area (Å²) in [6.45, 7) is 3.07. The lowest BCUT2D eigenvalue weighted by Gasteiger charge is -2.20. The summed E-state index contributed by atoms with van der Waals surface area (Å²) in [4.78, 5) is 22.6. The Balaban J connectivity index is 2.52. The van der Waals surface area contributed by atoms with Crippen LogP contribution in [-0.4, -0.2) is 17.3 Å². The fourth-order valence-corrected chi connectivity index (χ4v) is 1.48. The van der Waals surface area contributed by atoms with Crippen LogP contribution in [0, 0.1) is 0 Å². The van der Waals surface area contributed by atoms with Gasteiger partial charge in [0.05, 0.1) is 0 Å². The van der Waals surface area contributed by atoms with E-state index in [1.54, 1.807) is 0 Å². The van der Waals surface area contributed by atoms with Crippen LogP contribution < -0.4 is 5.73 Å². The summed E-state index contributed by atoms with van der Waals surface area (Å²) in [5.74, 6) is -0.691. The second-order valence-corrected chi connectivity index (χ2v) is 4.36. The van der Waals surface area contributed by atoms with Gasteiger partial charge in [0.15, 0.2) is 0 Å². The van der Waals surface area contributed by atoms with Gasteiger partial charge in [0, 0.05) is 6.42 Å². The van der Waals surface area contributed by atoms with Gasteiger partial charge in [0.2, 0.25) is 0 Å². The molecule has 4 heteroatoms. The van der Waals surface area contributed by atoms with E-state index in [9.17, 15) is 9.59 Å². The number of hydrogen-bond donors (Lipinski definition) is 1. The van der Waals surface area contributed by atoms with Crippen molar-refractivity contribution in [1.29, 1.82) is 0 Å². The minimum atomic E-state index is -1.25. The predicted molar refractivity (Wildman–Crippen MR) is 64.1 cm³/mol. The molecule has 1 rings (SSSR count). The molecule has 0 fully saturated rings. The second-order valence-electron chi connectivity index (χ2n) is 4.36. The van der Waals surface area contributed by atoms with Crippen LogP contribution in [0.3, 0.4) is 0 Å². The Morgan fingerprint density at radius 2 is 1.88 bits per heavy atom. The molecule has 0 aliphatic carbocycles. The SMILES string of the molecule is CC(=O)CC(C)(N)C(=O)OCc1ccccc1. The molecule has 2 N–H and O–H groups in total. The maximum absolute atomic E-state index is 11.7. The molecule has 0 aromatic heterocycles. The van der Waals surface area contributed by atoms with Crippen LogP contribution in [0.2, 0.25) is 0 Å². The van der Waals surface area contributed by atoms with Crippen molar-refractivity contribution in [2.45, 2.75) is 32.4 Å². The van der Waals surface area contributed by atoms with E-state index in [4.69, 9.17) is 10.5 Å². The number of Topliss-reactive ketones (excluding diaryl/α,β-unsaturated/α-hetero) is 1. The fraction of sp³-hybridized carbons (Fsp3) is 0.385. The summed E-state index contributed by atoms with van der Waals surface area (Å²) in [5, 5.41) is 0. The van der Waals surface area contributed by atoms with Crippen molar-refractivity contribution < 1.29 is 14.3 Å². The summed E-state index contributed by atoms with van der Waals surface area (Å²) in [6, 6.07) is 9.31. The van der Waals surface area contributed by atoms with Crippen LogP contribution in [0.1, 0.15) is 25.8 Å². The third kappa shape index (κ3) is 4.36. The van der Waals surface area contributed by atoms with E-state index >= 15 is 0 Å². The van der Waals surface area contributed by atoms with Gasteiger partial charge in [0.1, 0.15) is 17.9 Å². The van der Waals surface area contributed by atoms with E-state index in [2.05, 4.69) is 0 Å². The zero-order valence-electron chi connectivity index (χ0n) is 10.1. The molecule has 1 aromatic rings. The molecule has 0 heterocycles. The van der Waals surface area contributed by atoms with Crippen molar-refractivity contribution >= 4 is 11.8 Å². The Bertz CT molecular complexity index is 398. The number of ketones is 1. The first-order valence-electron chi connectivity index (χ1n) is 5.41. The van der Waals surface area contributed by atoms with Gasteiger partial charge >= 0.3 is 5.97 Å². The van der Waals surface area contributed by atoms with Gasteiger partial charge in [0.25, 0.3) is 0 Å². The number of benzene rings is 1. The third-order valence-electron chi connectivity index (χ3n) is 2.30. The average molecular weight is 235 g/mol. The topological polar surface area (TPSA) is 69.4 Å². The molecule has 0 aliphatic rings. The first kappa shape index (κ1) is 13.4. The number of hydrogen-bond acceptors (Lipinski definition) is 4. The second kappa shape index (κ2) is 5.59. The first-order valence-corrected chi connectivity index (χ1v) is 5.41. The molecule has 0 spiro atoms. The van der Waals surface area contributed by atoms with E-state index in [-0.39, 0.29) is 18.8 Å². The van der Waals surface area contributed by atoms with Crippen LogP contribution in [0.15, 0.2) is 30.3 Å². The molecule has 92 valence electrons. The zero-order chi connectivity index (χ0) is 12.9. The van der Waals surface area contributed by atoms with Gasteiger partial charge in [-0.05, 0) is 19.4 Å². The summed E-state index contributed by atoms with van der Waals surface area (Å²) < 4.78 is 5.08. The molecule has 1 unspecified atom stereocenters. The van der Waals surface area contributed by atoms with E-state index in [1.165, 1.54) is 13.8 Å². The van der Waals surface area contributed by atoms with Gasteiger partial charge in [-0.1, -0.05) is 30.3 Å². The molecule has 0 radical (unpaired) electrons. The summed E-state index contributed by atoms with van der Waals surface area (Å²) in [5.41, 5.74) is 5.37. The van der Waals surface area contributed by atoms with Crippen LogP contribution in [0.25, 0.3) is 0 Å². The highest BCUT2D eigenvalue weighted by Crippen LogP contribution is 2.11. The smallest absolute Gasteiger partial charge is 0.326 e. The number of carbonyl (C=O) groups is 2. The van der Waals surface area contributed by atoms with Gasteiger partial charge in [-0.2, -0.15) is 0 Å². The third-order valence-corrected chi connectivity index (χ3v) is 2.30. The maximum Gasteiger partial charge on any atom is 0.326 e. The maximum atomic E-state index is 11.7. The molecule has 4 nitrogen and oxygen atoms in total. The standard InChI is InChI=1S/C13H17NO3/c1-10(15)8-13(2,14)12(16)17-9-11-6-4-3-5-7-11/h3-7H,8-9,14H2,1-2H3. The van der Waals surface area contributed by atoms with Crippen molar-refractivity contribution in [2.24, 2.45) is 5.73 Å². The Hall–Kier alpha value is -1.68. The van der Waals surface area contributed by atoms with Crippen LogP contribution >= 0.6 is 0 Å². The Morgan fingerprint density at radius 1 is 1.29 bits per heavy atom. The molecule has 0 bridgehead atoms. The highest BCUT2D eigenvalue weighted by molar-refractivity contribution is 5.88. The minimum Gasteiger partial charge on any atom is -0.459 e. The lowest BCUT2D eigenvalue weighted by atomic mass is 9.97. The molecular formula is C13H17NO3. The van der Waals surface area contributed by atoms with E-state index in [0.717, 1.165) is 5.56 Å². The van der Waals surface area contributed by atoms with Gasteiger partial charge in [-0.3, -0.25) is 9.59 Å². The Labute approximate surface area is 101 Å². The lowest BCUT2D eigenvalue weighted by molar-refractivity contribution is -0.152. The molecule has 0 amide bonds. The van der Waals surface area contributed by atoms with Crippen molar-refractivity contribution in [3.8, 4) is 0 Å². The molecule has 1 atom stereocenters. The molecule has 0 aliphatic heterocycles. The molecule has 0 saturated heterocycles. The van der Waals surface area contributed by atoms with Crippen LogP contribution in [-0.2, 0) is 20.9 Å². The monoisotopic (exact) mass is 235 g/mol. The molecule has 17 heavy (non-hydrogen) atoms. The number of ether oxygens (including phenoxy) is 1. The zero-order valence-corrected chi connectivity index (χ0v) is 10.1. The van der Waals surface area contributed by atoms with Crippen molar-refractivity contribution in [1.82, 2.24) is 0 Å². The van der Waals surface area contributed by atoms with Gasteiger partial charge in [-0.25, -0.2) is 0 Å². The Morgan fingerprint density at radius 3 is 2.41 bits per heavy atom. The van der Waals surface area contributed by atoms with E-state index in [0.29, 0.717) is 0 Å². The van der Waals surface area contributed by atoms with Crippen molar-refractivity contribution in [2.75, 3.05) is 0 Å². The number of rotatable bonds is 5. The highest BCUT2D eigenvalue weighted by Gasteiger charge is 2.31. The summed E-state index contributed by atoms with van der Waals surface area (Å²) in [6.07, 6.45) is -0.0133. The number of nitrogens with two attached hydrogens (primary N) is 1. The van der Waals surface area contributed by atoms with Crippen molar-refractivity contribution in [3.05, 3.63) is 35.9 Å². The minimum absolute atomic E-state index is 0.0133. The predicted octanol–water partition coefficient (Wildman–Crippen LogP) is 1.43. The summed E-state index contributed by atoms with van der Waals surface area (Å²) in [7, 11) is 0.